The van der Waals surface area contributed by atoms with Gasteiger partial charge in [-0.05, 0) is 31.0 Å². The van der Waals surface area contributed by atoms with Crippen LogP contribution in [0.5, 0.6) is 0 Å². The molecule has 2 nitrogen and oxygen atoms in total. The van der Waals surface area contributed by atoms with Crippen molar-refractivity contribution in [2.45, 2.75) is 31.4 Å². The Morgan fingerprint density at radius 2 is 2.24 bits per heavy atom. The van der Waals surface area contributed by atoms with Crippen LogP contribution in [0.4, 0.5) is 5.69 Å². The van der Waals surface area contributed by atoms with E-state index in [0.717, 1.165) is 29.3 Å². The van der Waals surface area contributed by atoms with Gasteiger partial charge in [0, 0.05) is 30.2 Å². The first-order valence-electron chi connectivity index (χ1n) is 5.82. The van der Waals surface area contributed by atoms with Gasteiger partial charge in [-0.2, -0.15) is 0 Å². The Morgan fingerprint density at radius 3 is 2.76 bits per heavy atom. The fraction of sp³-hybridized carbons (Fsp3) is 0.538. The zero-order valence-electron chi connectivity index (χ0n) is 10.1. The Balaban J connectivity index is 2.19. The number of nitrogens with zero attached hydrogens (tertiary/aromatic N) is 1. The van der Waals surface area contributed by atoms with Gasteiger partial charge >= 0.3 is 0 Å². The lowest BCUT2D eigenvalue weighted by atomic mass is 10.1. The molecule has 1 heterocycles. The molecule has 1 aliphatic heterocycles. The zero-order valence-corrected chi connectivity index (χ0v) is 11.6. The van der Waals surface area contributed by atoms with Crippen molar-refractivity contribution >= 4 is 28.9 Å². The number of ether oxygens (including phenoxy) is 1. The van der Waals surface area contributed by atoms with Crippen LogP contribution in [0.25, 0.3) is 0 Å². The monoisotopic (exact) mass is 273 g/mol. The number of hydrogen-bond donors (Lipinski definition) is 0. The van der Waals surface area contributed by atoms with Crippen LogP contribution in [0.3, 0.4) is 0 Å². The van der Waals surface area contributed by atoms with Crippen molar-refractivity contribution in [1.82, 2.24) is 0 Å². The second kappa shape index (κ2) is 5.47. The van der Waals surface area contributed by atoms with Crippen LogP contribution in [0.2, 0.25) is 5.02 Å². The maximum absolute atomic E-state index is 6.17. The van der Waals surface area contributed by atoms with Gasteiger partial charge in [0.25, 0.3) is 0 Å². The molecular formula is C13H17Cl2NO. The fourth-order valence-electron chi connectivity index (χ4n) is 2.28. The summed E-state index contributed by atoms with van der Waals surface area (Å²) < 4.78 is 5.59. The minimum atomic E-state index is 0.270. The van der Waals surface area contributed by atoms with Crippen LogP contribution in [-0.2, 0) is 10.6 Å². The van der Waals surface area contributed by atoms with Crippen LogP contribution >= 0.6 is 23.2 Å². The van der Waals surface area contributed by atoms with E-state index in [9.17, 15) is 0 Å². The van der Waals surface area contributed by atoms with E-state index >= 15 is 0 Å². The highest BCUT2D eigenvalue weighted by Crippen LogP contribution is 2.28. The van der Waals surface area contributed by atoms with Crippen molar-refractivity contribution in [2.75, 3.05) is 18.6 Å². The van der Waals surface area contributed by atoms with E-state index in [2.05, 4.69) is 24.9 Å². The normalized spacial score (nSPS) is 24.0. The molecule has 2 rings (SSSR count). The standard InChI is InChI=1S/C13H17Cl2NO/c1-9-13(5-6-17-9)16(2)11-4-3-10(8-14)12(15)7-11/h3-4,7,9,13H,5-6,8H2,1-2H3. The highest BCUT2D eigenvalue weighted by Gasteiger charge is 2.28. The van der Waals surface area contributed by atoms with Crippen LogP contribution in [-0.4, -0.2) is 25.8 Å². The third-order valence-corrected chi connectivity index (χ3v) is 4.06. The summed E-state index contributed by atoms with van der Waals surface area (Å²) in [5.74, 6) is 0.450. The number of likely N-dealkylation sites (N-methyl/N-ethyl adjacent to an activating group) is 1. The van der Waals surface area contributed by atoms with Crippen molar-refractivity contribution in [3.8, 4) is 0 Å². The third kappa shape index (κ3) is 2.70. The van der Waals surface area contributed by atoms with E-state index in [1.165, 1.54) is 0 Å². The van der Waals surface area contributed by atoms with Crippen molar-refractivity contribution in [3.63, 3.8) is 0 Å². The summed E-state index contributed by atoms with van der Waals surface area (Å²) in [5.41, 5.74) is 2.09. The quantitative estimate of drug-likeness (QED) is 0.779. The SMILES string of the molecule is CC1OCCC1N(C)c1ccc(CCl)c(Cl)c1. The number of benzene rings is 1. The van der Waals surface area contributed by atoms with E-state index < -0.39 is 0 Å². The number of alkyl halides is 1. The highest BCUT2D eigenvalue weighted by molar-refractivity contribution is 6.32. The molecule has 2 atom stereocenters. The van der Waals surface area contributed by atoms with E-state index in [4.69, 9.17) is 27.9 Å². The first-order chi connectivity index (χ1) is 8.13. The number of rotatable bonds is 3. The van der Waals surface area contributed by atoms with Gasteiger partial charge in [0.05, 0.1) is 12.1 Å². The second-order valence-corrected chi connectivity index (χ2v) is 5.13. The van der Waals surface area contributed by atoms with Gasteiger partial charge in [-0.3, -0.25) is 0 Å². The van der Waals surface area contributed by atoms with Crippen molar-refractivity contribution in [3.05, 3.63) is 28.8 Å². The molecule has 1 aromatic rings. The minimum Gasteiger partial charge on any atom is -0.376 e. The molecule has 0 amide bonds. The van der Waals surface area contributed by atoms with Gasteiger partial charge < -0.3 is 9.64 Å². The van der Waals surface area contributed by atoms with Crippen LogP contribution < -0.4 is 4.90 Å². The largest absolute Gasteiger partial charge is 0.376 e. The molecule has 4 heteroatoms. The van der Waals surface area contributed by atoms with E-state index in [-0.39, 0.29) is 6.10 Å². The van der Waals surface area contributed by atoms with Crippen LogP contribution in [0.15, 0.2) is 18.2 Å². The Morgan fingerprint density at radius 1 is 1.47 bits per heavy atom. The maximum atomic E-state index is 6.17. The summed E-state index contributed by atoms with van der Waals surface area (Å²) in [4.78, 5) is 2.24. The molecule has 0 N–H and O–H groups in total. The highest BCUT2D eigenvalue weighted by atomic mass is 35.5. The molecule has 94 valence electrons. The van der Waals surface area contributed by atoms with Gasteiger partial charge in [0.2, 0.25) is 0 Å². The summed E-state index contributed by atoms with van der Waals surface area (Å²) in [6, 6.07) is 6.45. The van der Waals surface area contributed by atoms with Crippen molar-refractivity contribution < 1.29 is 4.74 Å². The van der Waals surface area contributed by atoms with Crippen LogP contribution in [0, 0.1) is 0 Å². The van der Waals surface area contributed by atoms with Gasteiger partial charge in [0.15, 0.2) is 0 Å². The van der Waals surface area contributed by atoms with Gasteiger partial charge in [-0.15, -0.1) is 11.6 Å². The lowest BCUT2D eigenvalue weighted by molar-refractivity contribution is 0.118. The molecule has 0 bridgehead atoms. The Hall–Kier alpha value is -0.440. The van der Waals surface area contributed by atoms with E-state index in [0.29, 0.717) is 11.9 Å². The summed E-state index contributed by atoms with van der Waals surface area (Å²) in [6.07, 6.45) is 1.33. The predicted molar refractivity (Wildman–Crippen MR) is 73.2 cm³/mol. The third-order valence-electron chi connectivity index (χ3n) is 3.42. The molecule has 17 heavy (non-hydrogen) atoms. The Bertz CT molecular complexity index is 397. The molecule has 0 saturated carbocycles. The van der Waals surface area contributed by atoms with E-state index in [1.54, 1.807) is 0 Å². The Kier molecular flexibility index (Phi) is 4.18. The summed E-state index contributed by atoms with van der Waals surface area (Å²) in [6.45, 7) is 2.95. The fourth-order valence-corrected chi connectivity index (χ4v) is 2.83. The van der Waals surface area contributed by atoms with Gasteiger partial charge in [-0.1, -0.05) is 17.7 Å². The van der Waals surface area contributed by atoms with Crippen LogP contribution in [0.1, 0.15) is 18.9 Å². The molecule has 1 saturated heterocycles. The lowest BCUT2D eigenvalue weighted by Gasteiger charge is -2.29. The summed E-state index contributed by atoms with van der Waals surface area (Å²) in [7, 11) is 2.09. The molecule has 0 aromatic heterocycles. The lowest BCUT2D eigenvalue weighted by Crippen LogP contribution is -2.36. The summed E-state index contributed by atoms with van der Waals surface area (Å²) in [5, 5.41) is 0.732. The minimum absolute atomic E-state index is 0.270. The first kappa shape index (κ1) is 13.0. The topological polar surface area (TPSA) is 12.5 Å². The molecule has 1 fully saturated rings. The zero-order chi connectivity index (χ0) is 12.4. The van der Waals surface area contributed by atoms with E-state index in [1.807, 2.05) is 12.1 Å². The maximum Gasteiger partial charge on any atom is 0.0750 e. The van der Waals surface area contributed by atoms with Gasteiger partial charge in [0.1, 0.15) is 0 Å². The van der Waals surface area contributed by atoms with Crippen molar-refractivity contribution in [1.29, 1.82) is 0 Å². The smallest absolute Gasteiger partial charge is 0.0750 e. The number of anilines is 1. The predicted octanol–water partition coefficient (Wildman–Crippen LogP) is 3.69. The molecule has 0 radical (unpaired) electrons. The van der Waals surface area contributed by atoms with Crippen molar-refractivity contribution in [2.24, 2.45) is 0 Å². The van der Waals surface area contributed by atoms with Gasteiger partial charge in [-0.25, -0.2) is 0 Å². The number of halogens is 2. The number of hydrogen-bond acceptors (Lipinski definition) is 2. The summed E-state index contributed by atoms with van der Waals surface area (Å²) >= 11 is 12.0. The first-order valence-corrected chi connectivity index (χ1v) is 6.73. The molecule has 2 unspecified atom stereocenters. The average Bonchev–Trinajstić information content (AvgIpc) is 2.74. The average molecular weight is 274 g/mol. The molecule has 0 aliphatic carbocycles. The Labute approximate surface area is 112 Å². The molecular weight excluding hydrogens is 257 g/mol. The molecule has 1 aromatic carbocycles. The molecule has 0 spiro atoms. The molecule has 1 aliphatic rings. The second-order valence-electron chi connectivity index (χ2n) is 4.45.